The van der Waals surface area contributed by atoms with Crippen LogP contribution in [0.5, 0.6) is 0 Å². The maximum absolute atomic E-state index is 11.7. The minimum Gasteiger partial charge on any atom is -0.396 e. The van der Waals surface area contributed by atoms with E-state index in [4.69, 9.17) is 5.11 Å². The van der Waals surface area contributed by atoms with Gasteiger partial charge in [0.1, 0.15) is 0 Å². The number of rotatable bonds is 2. The number of benzene rings is 1. The molecule has 0 spiro atoms. The van der Waals surface area contributed by atoms with Gasteiger partial charge in [0.2, 0.25) is 9.84 Å². The molecule has 80 valence electrons. The Labute approximate surface area is 89.0 Å². The third-order valence-electron chi connectivity index (χ3n) is 2.47. The molecule has 0 atom stereocenters. The molecule has 1 aromatic rings. The molecule has 0 radical (unpaired) electrons. The predicted octanol–water partition coefficient (Wildman–Crippen LogP) is 1.51. The lowest BCUT2D eigenvalue weighted by Crippen LogP contribution is -1.93. The first kappa shape index (κ1) is 10.4. The van der Waals surface area contributed by atoms with E-state index in [9.17, 15) is 8.42 Å². The zero-order valence-corrected chi connectivity index (χ0v) is 9.21. The molecule has 1 N–H and O–H groups in total. The molecular weight excluding hydrogens is 212 g/mol. The van der Waals surface area contributed by atoms with Crippen LogP contribution in [0.15, 0.2) is 28.5 Å². The lowest BCUT2D eigenvalue weighted by atomic mass is 10.0. The molecule has 15 heavy (non-hydrogen) atoms. The summed E-state index contributed by atoms with van der Waals surface area (Å²) in [6.45, 7) is 1.89. The molecule has 0 saturated heterocycles. The van der Waals surface area contributed by atoms with Crippen LogP contribution >= 0.6 is 0 Å². The Morgan fingerprint density at radius 3 is 2.73 bits per heavy atom. The third-order valence-corrected chi connectivity index (χ3v) is 4.03. The normalized spacial score (nSPS) is 17.3. The number of aryl methyl sites for hydroxylation is 1. The van der Waals surface area contributed by atoms with Crippen molar-refractivity contribution in [3.63, 3.8) is 0 Å². The number of fused-ring (bicyclic) bond motifs is 1. The summed E-state index contributed by atoms with van der Waals surface area (Å²) in [5.41, 5.74) is 2.47. The molecule has 0 aromatic heterocycles. The van der Waals surface area contributed by atoms with Gasteiger partial charge in [-0.05, 0) is 30.5 Å². The predicted molar refractivity (Wildman–Crippen MR) is 58.0 cm³/mol. The van der Waals surface area contributed by atoms with E-state index < -0.39 is 9.84 Å². The molecule has 0 amide bonds. The zero-order valence-electron chi connectivity index (χ0n) is 8.40. The molecule has 0 fully saturated rings. The van der Waals surface area contributed by atoms with E-state index in [-0.39, 0.29) is 6.61 Å². The molecule has 0 unspecified atom stereocenters. The van der Waals surface area contributed by atoms with Crippen LogP contribution in [0.3, 0.4) is 0 Å². The summed E-state index contributed by atoms with van der Waals surface area (Å²) >= 11 is 0. The van der Waals surface area contributed by atoms with Crippen molar-refractivity contribution >= 4 is 15.4 Å². The van der Waals surface area contributed by atoms with Gasteiger partial charge >= 0.3 is 0 Å². The fraction of sp³-hybridized carbons (Fsp3) is 0.273. The maximum atomic E-state index is 11.7. The molecule has 0 bridgehead atoms. The Balaban J connectivity index is 2.63. The first-order chi connectivity index (χ1) is 7.04. The van der Waals surface area contributed by atoms with Gasteiger partial charge in [0.05, 0.1) is 4.90 Å². The van der Waals surface area contributed by atoms with E-state index in [1.165, 1.54) is 5.41 Å². The molecule has 2 rings (SSSR count). The molecular formula is C11H12O3S. The van der Waals surface area contributed by atoms with Crippen LogP contribution in [-0.2, 0) is 9.84 Å². The van der Waals surface area contributed by atoms with Gasteiger partial charge in [0.15, 0.2) is 0 Å². The number of aliphatic hydroxyl groups is 1. The second kappa shape index (κ2) is 3.47. The largest absolute Gasteiger partial charge is 0.396 e. The van der Waals surface area contributed by atoms with Crippen molar-refractivity contribution in [2.75, 3.05) is 6.61 Å². The summed E-state index contributed by atoms with van der Waals surface area (Å²) in [7, 11) is -3.27. The van der Waals surface area contributed by atoms with E-state index in [0.29, 0.717) is 16.9 Å². The molecule has 4 heteroatoms. The first-order valence-corrected chi connectivity index (χ1v) is 6.27. The van der Waals surface area contributed by atoms with Crippen LogP contribution in [0.4, 0.5) is 0 Å². The highest BCUT2D eigenvalue weighted by Gasteiger charge is 2.25. The Hall–Kier alpha value is -1.13. The van der Waals surface area contributed by atoms with Crippen LogP contribution in [-0.4, -0.2) is 20.1 Å². The highest BCUT2D eigenvalue weighted by molar-refractivity contribution is 7.95. The number of hydrogen-bond acceptors (Lipinski definition) is 3. The van der Waals surface area contributed by atoms with E-state index in [2.05, 4.69) is 0 Å². The van der Waals surface area contributed by atoms with Gasteiger partial charge in [-0.1, -0.05) is 17.7 Å². The summed E-state index contributed by atoms with van der Waals surface area (Å²) in [6.07, 6.45) is 0.385. The highest BCUT2D eigenvalue weighted by atomic mass is 32.2. The molecule has 3 nitrogen and oxygen atoms in total. The van der Waals surface area contributed by atoms with Crippen molar-refractivity contribution < 1.29 is 13.5 Å². The van der Waals surface area contributed by atoms with Crippen LogP contribution in [0.1, 0.15) is 17.5 Å². The standard InChI is InChI=1S/C11H12O3S/c1-8-2-3-11-10(6-8)9(4-5-12)7-15(11,13)14/h2-3,6-7,12H,4-5H2,1H3. The molecule has 1 aliphatic heterocycles. The van der Waals surface area contributed by atoms with Gasteiger partial charge in [-0.25, -0.2) is 8.42 Å². The van der Waals surface area contributed by atoms with Crippen LogP contribution in [0, 0.1) is 6.92 Å². The molecule has 1 aromatic carbocycles. The molecule has 0 aliphatic carbocycles. The maximum Gasteiger partial charge on any atom is 0.200 e. The minimum absolute atomic E-state index is 0.0330. The highest BCUT2D eigenvalue weighted by Crippen LogP contribution is 2.35. The van der Waals surface area contributed by atoms with E-state index in [1.54, 1.807) is 12.1 Å². The SMILES string of the molecule is Cc1ccc2c(c1)C(CCO)=CS2(=O)=O. The first-order valence-electron chi connectivity index (χ1n) is 4.72. The van der Waals surface area contributed by atoms with Crippen molar-refractivity contribution in [1.29, 1.82) is 0 Å². The van der Waals surface area contributed by atoms with Gasteiger partial charge < -0.3 is 5.11 Å². The lowest BCUT2D eigenvalue weighted by molar-refractivity contribution is 0.305. The van der Waals surface area contributed by atoms with E-state index >= 15 is 0 Å². The van der Waals surface area contributed by atoms with Crippen LogP contribution in [0.2, 0.25) is 0 Å². The van der Waals surface area contributed by atoms with Crippen molar-refractivity contribution in [3.05, 3.63) is 34.7 Å². The molecule has 1 aliphatic rings. The quantitative estimate of drug-likeness (QED) is 0.828. The average Bonchev–Trinajstić information content (AvgIpc) is 2.39. The minimum atomic E-state index is -3.27. The van der Waals surface area contributed by atoms with Crippen LogP contribution in [0.25, 0.3) is 5.57 Å². The summed E-state index contributed by atoms with van der Waals surface area (Å²) in [6, 6.07) is 5.26. The molecule has 1 heterocycles. The van der Waals surface area contributed by atoms with Gasteiger partial charge in [-0.2, -0.15) is 0 Å². The Morgan fingerprint density at radius 1 is 1.33 bits per heavy atom. The van der Waals surface area contributed by atoms with Crippen molar-refractivity contribution in [1.82, 2.24) is 0 Å². The fourth-order valence-electron chi connectivity index (χ4n) is 1.77. The fourth-order valence-corrected chi connectivity index (χ4v) is 3.27. The topological polar surface area (TPSA) is 54.4 Å². The Kier molecular flexibility index (Phi) is 2.40. The Bertz CT molecular complexity index is 527. The van der Waals surface area contributed by atoms with Crippen molar-refractivity contribution in [3.8, 4) is 0 Å². The lowest BCUT2D eigenvalue weighted by Gasteiger charge is -2.03. The zero-order chi connectivity index (χ0) is 11.1. The summed E-state index contributed by atoms with van der Waals surface area (Å²) < 4.78 is 23.4. The summed E-state index contributed by atoms with van der Waals surface area (Å²) in [5.74, 6) is 0. The Morgan fingerprint density at radius 2 is 2.07 bits per heavy atom. The second-order valence-corrected chi connectivity index (χ2v) is 5.43. The van der Waals surface area contributed by atoms with Crippen molar-refractivity contribution in [2.45, 2.75) is 18.2 Å². The summed E-state index contributed by atoms with van der Waals surface area (Å²) in [4.78, 5) is 0.358. The van der Waals surface area contributed by atoms with Gasteiger partial charge in [0.25, 0.3) is 0 Å². The summed E-state index contributed by atoms with van der Waals surface area (Å²) in [5, 5.41) is 10.1. The number of hydrogen-bond donors (Lipinski definition) is 1. The number of aliphatic hydroxyl groups excluding tert-OH is 1. The second-order valence-electron chi connectivity index (χ2n) is 3.66. The molecule has 0 saturated carbocycles. The van der Waals surface area contributed by atoms with Crippen molar-refractivity contribution in [2.24, 2.45) is 0 Å². The van der Waals surface area contributed by atoms with Gasteiger partial charge in [-0.15, -0.1) is 0 Å². The van der Waals surface area contributed by atoms with Gasteiger partial charge in [-0.3, -0.25) is 0 Å². The average molecular weight is 224 g/mol. The number of sulfone groups is 1. The van der Waals surface area contributed by atoms with Gasteiger partial charge in [0, 0.05) is 12.0 Å². The van der Waals surface area contributed by atoms with E-state index in [1.807, 2.05) is 13.0 Å². The third kappa shape index (κ3) is 1.70. The monoisotopic (exact) mass is 224 g/mol. The van der Waals surface area contributed by atoms with E-state index in [0.717, 1.165) is 11.1 Å². The smallest absolute Gasteiger partial charge is 0.200 e. The van der Waals surface area contributed by atoms with Crippen LogP contribution < -0.4 is 0 Å².